The smallest absolute Gasteiger partial charge is 0.226 e. The van der Waals surface area contributed by atoms with Gasteiger partial charge in [0, 0.05) is 50.4 Å². The van der Waals surface area contributed by atoms with Crippen LogP contribution in [0, 0.1) is 23.2 Å². The molecule has 0 saturated carbocycles. The van der Waals surface area contributed by atoms with E-state index in [0.717, 1.165) is 36.3 Å². The maximum atomic E-state index is 13.9. The molecule has 206 valence electrons. The summed E-state index contributed by atoms with van der Waals surface area (Å²) in [7, 11) is -3.19. The quantitative estimate of drug-likeness (QED) is 0.321. The van der Waals surface area contributed by atoms with Crippen LogP contribution >= 0.6 is 0 Å². The first-order chi connectivity index (χ1) is 18.1. The summed E-state index contributed by atoms with van der Waals surface area (Å²) in [5.41, 5.74) is 13.1. The maximum Gasteiger partial charge on any atom is 0.226 e. The van der Waals surface area contributed by atoms with Gasteiger partial charge in [-0.15, -0.1) is 0 Å². The number of guanidine groups is 1. The number of anilines is 1. The van der Waals surface area contributed by atoms with Crippen molar-refractivity contribution in [3.63, 3.8) is 0 Å². The van der Waals surface area contributed by atoms with E-state index in [1.54, 1.807) is 22.8 Å². The second-order valence-corrected chi connectivity index (χ2v) is 12.8. The topological polar surface area (TPSA) is 178 Å². The number of sulfonamides is 1. The Labute approximate surface area is 223 Å². The van der Waals surface area contributed by atoms with Gasteiger partial charge in [0.1, 0.15) is 11.6 Å². The molecule has 0 radical (unpaired) electrons. The van der Waals surface area contributed by atoms with Crippen LogP contribution in [0.25, 0.3) is 11.3 Å². The third-order valence-corrected chi connectivity index (χ3v) is 9.75. The average Bonchev–Trinajstić information content (AvgIpc) is 3.56. The predicted molar refractivity (Wildman–Crippen MR) is 144 cm³/mol. The largest absolute Gasteiger partial charge is 0.384 e. The Hall–Kier alpha value is -3.19. The molecule has 2 atom stereocenters. The standard InChI is InChI=1S/C25H37N9O3S/c1-38(36,37)33-10-6-16(7-11-33)19-12-21(23-30-14-20(31-23)18-2-3-22(26)29-13-18)34(15-19)24(35)17-4-8-32(9-5-17)25(27)28/h2-3,13-14,16-17,19,21H,4-12,15H2,1H3,(H2,26,29)(H3,27,28)(H,30,31)/t19-,21?/m0/s1. The molecule has 3 aliphatic rings. The number of carbonyl (C=O) groups excluding carboxylic acids is 1. The van der Waals surface area contributed by atoms with Gasteiger partial charge >= 0.3 is 0 Å². The molecule has 5 heterocycles. The highest BCUT2D eigenvalue weighted by Gasteiger charge is 2.44. The lowest BCUT2D eigenvalue weighted by molar-refractivity contribution is -0.138. The first-order valence-corrected chi connectivity index (χ1v) is 15.1. The SMILES string of the molecule is CS(=O)(=O)N1CCC([C@H]2CC(c3ncc(-c4ccc(N)nc4)[nH]3)N(C(=O)C3CCN(C(=N)N)CC3)C2)CC1. The number of carbonyl (C=O) groups is 1. The Morgan fingerprint density at radius 1 is 1.05 bits per heavy atom. The van der Waals surface area contributed by atoms with Gasteiger partial charge in [-0.3, -0.25) is 10.2 Å². The highest BCUT2D eigenvalue weighted by molar-refractivity contribution is 7.88. The van der Waals surface area contributed by atoms with E-state index in [1.165, 1.54) is 6.26 Å². The molecule has 38 heavy (non-hydrogen) atoms. The minimum absolute atomic E-state index is 0.0516. The zero-order valence-electron chi connectivity index (χ0n) is 21.7. The lowest BCUT2D eigenvalue weighted by Crippen LogP contribution is -2.46. The van der Waals surface area contributed by atoms with Crippen molar-refractivity contribution in [2.24, 2.45) is 23.5 Å². The number of rotatable bonds is 5. The van der Waals surface area contributed by atoms with Gasteiger partial charge in [-0.05, 0) is 56.1 Å². The number of imidazole rings is 1. The van der Waals surface area contributed by atoms with Crippen LogP contribution in [0.3, 0.4) is 0 Å². The third kappa shape index (κ3) is 5.48. The van der Waals surface area contributed by atoms with Crippen molar-refractivity contribution in [1.82, 2.24) is 29.1 Å². The number of pyridine rings is 1. The number of amides is 1. The van der Waals surface area contributed by atoms with Crippen molar-refractivity contribution in [2.45, 2.75) is 38.1 Å². The van der Waals surface area contributed by atoms with E-state index < -0.39 is 10.0 Å². The molecular formula is C25H37N9O3S. The molecule has 12 nitrogen and oxygen atoms in total. The fourth-order valence-corrected chi connectivity index (χ4v) is 7.08. The molecule has 6 N–H and O–H groups in total. The van der Waals surface area contributed by atoms with Gasteiger partial charge in [0.15, 0.2) is 5.96 Å². The number of aromatic amines is 1. The lowest BCUT2D eigenvalue weighted by atomic mass is 9.83. The molecule has 0 aromatic carbocycles. The molecule has 5 rings (SSSR count). The number of likely N-dealkylation sites (tertiary alicyclic amines) is 2. The number of hydrogen-bond donors (Lipinski definition) is 4. The molecule has 1 amide bonds. The Morgan fingerprint density at radius 2 is 1.76 bits per heavy atom. The summed E-state index contributed by atoms with van der Waals surface area (Å²) in [5, 5.41) is 7.69. The van der Waals surface area contributed by atoms with E-state index in [1.807, 2.05) is 15.9 Å². The number of aromatic nitrogens is 3. The Bertz CT molecular complexity index is 1260. The molecule has 3 fully saturated rings. The number of hydrogen-bond acceptors (Lipinski definition) is 7. The summed E-state index contributed by atoms with van der Waals surface area (Å²) in [4.78, 5) is 29.9. The molecule has 3 saturated heterocycles. The number of nitrogens with zero attached hydrogens (tertiary/aromatic N) is 5. The summed E-state index contributed by atoms with van der Waals surface area (Å²) >= 11 is 0. The van der Waals surface area contributed by atoms with Crippen LogP contribution in [0.4, 0.5) is 5.82 Å². The summed E-state index contributed by atoms with van der Waals surface area (Å²) in [6.07, 6.45) is 8.45. The third-order valence-electron chi connectivity index (χ3n) is 8.44. The van der Waals surface area contributed by atoms with Crippen LogP contribution in [0.2, 0.25) is 0 Å². The van der Waals surface area contributed by atoms with E-state index in [9.17, 15) is 13.2 Å². The fourth-order valence-electron chi connectivity index (χ4n) is 6.21. The lowest BCUT2D eigenvalue weighted by Gasteiger charge is -2.35. The number of nitrogen functional groups attached to an aromatic ring is 1. The summed E-state index contributed by atoms with van der Waals surface area (Å²) in [6.45, 7) is 2.90. The number of nitrogens with two attached hydrogens (primary N) is 2. The monoisotopic (exact) mass is 543 g/mol. The second kappa shape index (κ2) is 10.5. The highest BCUT2D eigenvalue weighted by Crippen LogP contribution is 2.42. The van der Waals surface area contributed by atoms with Crippen LogP contribution in [-0.2, 0) is 14.8 Å². The van der Waals surface area contributed by atoms with E-state index in [4.69, 9.17) is 16.9 Å². The number of H-pyrrole nitrogens is 1. The molecule has 0 aliphatic carbocycles. The van der Waals surface area contributed by atoms with Gasteiger partial charge in [0.2, 0.25) is 15.9 Å². The zero-order chi connectivity index (χ0) is 27.0. The summed E-state index contributed by atoms with van der Waals surface area (Å²) in [5.74, 6) is 1.88. The molecule has 13 heteroatoms. The van der Waals surface area contributed by atoms with Crippen LogP contribution in [0.15, 0.2) is 24.5 Å². The Kier molecular flexibility index (Phi) is 7.32. The van der Waals surface area contributed by atoms with Crippen molar-refractivity contribution < 1.29 is 13.2 Å². The van der Waals surface area contributed by atoms with Gasteiger partial charge in [-0.2, -0.15) is 0 Å². The van der Waals surface area contributed by atoms with E-state index in [0.29, 0.717) is 57.3 Å². The molecule has 0 bridgehead atoms. The van der Waals surface area contributed by atoms with Crippen molar-refractivity contribution in [3.8, 4) is 11.3 Å². The van der Waals surface area contributed by atoms with Gasteiger partial charge in [0.25, 0.3) is 0 Å². The molecule has 0 spiro atoms. The zero-order valence-corrected chi connectivity index (χ0v) is 22.5. The van der Waals surface area contributed by atoms with Crippen molar-refractivity contribution >= 4 is 27.7 Å². The predicted octanol–water partition coefficient (Wildman–Crippen LogP) is 1.22. The van der Waals surface area contributed by atoms with Gasteiger partial charge < -0.3 is 26.3 Å². The normalized spacial score (nSPS) is 24.1. The van der Waals surface area contributed by atoms with Crippen LogP contribution in [0.1, 0.15) is 44.0 Å². The molecular weight excluding hydrogens is 506 g/mol. The first kappa shape index (κ1) is 26.4. The van der Waals surface area contributed by atoms with Gasteiger partial charge in [-0.1, -0.05) is 0 Å². The van der Waals surface area contributed by atoms with E-state index in [2.05, 4.69) is 15.0 Å². The first-order valence-electron chi connectivity index (χ1n) is 13.2. The van der Waals surface area contributed by atoms with Crippen LogP contribution in [-0.4, -0.2) is 88.3 Å². The number of nitrogens with one attached hydrogen (secondary N) is 2. The van der Waals surface area contributed by atoms with E-state index in [-0.39, 0.29) is 29.7 Å². The molecule has 3 aliphatic heterocycles. The average molecular weight is 544 g/mol. The van der Waals surface area contributed by atoms with Crippen LogP contribution < -0.4 is 11.5 Å². The summed E-state index contributed by atoms with van der Waals surface area (Å²) < 4.78 is 25.5. The maximum absolute atomic E-state index is 13.9. The van der Waals surface area contributed by atoms with Gasteiger partial charge in [0.05, 0.1) is 24.2 Å². The molecule has 2 aromatic heterocycles. The minimum Gasteiger partial charge on any atom is -0.384 e. The van der Waals surface area contributed by atoms with Crippen LogP contribution in [0.5, 0.6) is 0 Å². The fraction of sp³-hybridized carbons (Fsp3) is 0.600. The highest BCUT2D eigenvalue weighted by atomic mass is 32.2. The minimum atomic E-state index is -3.19. The van der Waals surface area contributed by atoms with E-state index >= 15 is 0 Å². The van der Waals surface area contributed by atoms with Crippen molar-refractivity contribution in [2.75, 3.05) is 44.7 Å². The summed E-state index contributed by atoms with van der Waals surface area (Å²) in [6, 6.07) is 3.45. The van der Waals surface area contributed by atoms with Gasteiger partial charge in [-0.25, -0.2) is 22.7 Å². The molecule has 1 unspecified atom stereocenters. The Morgan fingerprint density at radius 3 is 2.37 bits per heavy atom. The Balaban J connectivity index is 1.35. The van der Waals surface area contributed by atoms with Crippen molar-refractivity contribution in [3.05, 3.63) is 30.4 Å². The second-order valence-electron chi connectivity index (χ2n) is 10.8. The molecule has 2 aromatic rings. The van der Waals surface area contributed by atoms with Crippen molar-refractivity contribution in [1.29, 1.82) is 5.41 Å². The number of piperidine rings is 2.